The zero-order valence-corrected chi connectivity index (χ0v) is 10.8. The van der Waals surface area contributed by atoms with Gasteiger partial charge in [-0.15, -0.1) is 0 Å². The lowest BCUT2D eigenvalue weighted by molar-refractivity contribution is 0.153. The fourth-order valence-electron chi connectivity index (χ4n) is 0.766. The van der Waals surface area contributed by atoms with Crippen LogP contribution in [-0.2, 0) is 4.74 Å². The fourth-order valence-corrected chi connectivity index (χ4v) is 1.04. The molecule has 0 radical (unpaired) electrons. The van der Waals surface area contributed by atoms with Gasteiger partial charge in [0, 0.05) is 6.54 Å². The quantitative estimate of drug-likeness (QED) is 0.883. The number of ether oxygens (including phenoxy) is 1. The van der Waals surface area contributed by atoms with Gasteiger partial charge in [-0.3, -0.25) is 0 Å². The second-order valence-electron chi connectivity index (χ2n) is 2.66. The number of hydrogen-bond acceptors (Lipinski definition) is 2. The molecule has 0 saturated carbocycles. The highest BCUT2D eigenvalue weighted by molar-refractivity contribution is 6.41. The maximum absolute atomic E-state index is 10.3. The Bertz CT molecular complexity index is 290. The van der Waals surface area contributed by atoms with Crippen LogP contribution in [0.3, 0.4) is 0 Å². The number of halogens is 2. The highest BCUT2D eigenvalue weighted by Crippen LogP contribution is 2.19. The van der Waals surface area contributed by atoms with E-state index in [0.717, 1.165) is 0 Å². The van der Waals surface area contributed by atoms with Gasteiger partial charge in [0.1, 0.15) is 0 Å². The molecule has 90 valence electrons. The normalized spacial score (nSPS) is 8.75. The molecule has 5 heteroatoms. The topological polar surface area (TPSA) is 38.3 Å². The third-order valence-electron chi connectivity index (χ3n) is 1.42. The minimum absolute atomic E-state index is 0.338. The van der Waals surface area contributed by atoms with E-state index in [1.807, 2.05) is 19.1 Å². The monoisotopic (exact) mass is 263 g/mol. The second kappa shape index (κ2) is 9.31. The molecule has 1 rings (SSSR count). The van der Waals surface area contributed by atoms with E-state index in [9.17, 15) is 4.79 Å². The van der Waals surface area contributed by atoms with Crippen molar-refractivity contribution >= 4 is 29.3 Å². The molecule has 1 N–H and O–H groups in total. The van der Waals surface area contributed by atoms with Crippen molar-refractivity contribution in [2.45, 2.75) is 13.8 Å². The number of nitrogens with one attached hydrogen (secondary N) is 1. The number of carbonyl (C=O) groups excluding carboxylic acids is 1. The van der Waals surface area contributed by atoms with Crippen molar-refractivity contribution in [1.82, 2.24) is 5.32 Å². The van der Waals surface area contributed by atoms with Gasteiger partial charge >= 0.3 is 6.09 Å². The third kappa shape index (κ3) is 7.37. The van der Waals surface area contributed by atoms with Crippen LogP contribution in [0.5, 0.6) is 0 Å². The van der Waals surface area contributed by atoms with E-state index >= 15 is 0 Å². The van der Waals surface area contributed by atoms with Gasteiger partial charge in [0.25, 0.3) is 0 Å². The van der Waals surface area contributed by atoms with Gasteiger partial charge in [-0.1, -0.05) is 35.3 Å². The Morgan fingerprint density at radius 1 is 1.25 bits per heavy atom. The molecule has 0 aliphatic rings. The number of alkyl carbamates (subject to hydrolysis) is 1. The number of benzene rings is 1. The van der Waals surface area contributed by atoms with Crippen LogP contribution in [0.1, 0.15) is 13.8 Å². The molecule has 0 aliphatic heterocycles. The Kier molecular flexibility index (Phi) is 8.77. The van der Waals surface area contributed by atoms with Crippen LogP contribution in [-0.4, -0.2) is 19.2 Å². The Morgan fingerprint density at radius 3 is 2.06 bits per heavy atom. The summed E-state index contributed by atoms with van der Waals surface area (Å²) in [4.78, 5) is 10.3. The number of amides is 1. The first-order valence-electron chi connectivity index (χ1n) is 4.92. The molecule has 0 saturated heterocycles. The largest absolute Gasteiger partial charge is 0.450 e. The first-order chi connectivity index (χ1) is 7.61. The standard InChI is InChI=1S/C6H4Cl2.C5H11NO2/c7-5-3-1-2-4-6(5)8;1-3-6-5(7)8-4-2/h1-4H;3-4H2,1-2H3,(H,6,7). The van der Waals surface area contributed by atoms with Crippen LogP contribution in [0.2, 0.25) is 10.0 Å². The van der Waals surface area contributed by atoms with Crippen molar-refractivity contribution in [1.29, 1.82) is 0 Å². The summed E-state index contributed by atoms with van der Waals surface area (Å²) < 4.78 is 4.53. The molecule has 0 atom stereocenters. The predicted octanol–water partition coefficient (Wildman–Crippen LogP) is 3.75. The average molecular weight is 264 g/mol. The van der Waals surface area contributed by atoms with Crippen LogP contribution in [0.15, 0.2) is 24.3 Å². The molecular weight excluding hydrogens is 249 g/mol. The maximum Gasteiger partial charge on any atom is 0.407 e. The van der Waals surface area contributed by atoms with Crippen LogP contribution in [0.4, 0.5) is 4.79 Å². The summed E-state index contributed by atoms with van der Waals surface area (Å²) in [5.41, 5.74) is 0. The van der Waals surface area contributed by atoms with E-state index in [-0.39, 0.29) is 6.09 Å². The lowest BCUT2D eigenvalue weighted by Crippen LogP contribution is -2.23. The summed E-state index contributed by atoms with van der Waals surface area (Å²) in [5.74, 6) is 0. The number of rotatable bonds is 2. The zero-order valence-electron chi connectivity index (χ0n) is 9.30. The predicted molar refractivity (Wildman–Crippen MR) is 67.2 cm³/mol. The fraction of sp³-hybridized carbons (Fsp3) is 0.364. The molecule has 0 bridgehead atoms. The summed E-state index contributed by atoms with van der Waals surface area (Å²) in [6, 6.07) is 7.19. The Hall–Kier alpha value is -0.930. The van der Waals surface area contributed by atoms with Crippen molar-refractivity contribution in [3.63, 3.8) is 0 Å². The molecule has 0 spiro atoms. The van der Waals surface area contributed by atoms with Gasteiger partial charge in [0.15, 0.2) is 0 Å². The molecule has 0 fully saturated rings. The lowest BCUT2D eigenvalue weighted by atomic mass is 10.4. The third-order valence-corrected chi connectivity index (χ3v) is 2.18. The van der Waals surface area contributed by atoms with Gasteiger partial charge in [-0.05, 0) is 26.0 Å². The van der Waals surface area contributed by atoms with Gasteiger partial charge in [-0.2, -0.15) is 0 Å². The summed E-state index contributed by atoms with van der Waals surface area (Å²) in [7, 11) is 0. The minimum Gasteiger partial charge on any atom is -0.450 e. The van der Waals surface area contributed by atoms with E-state index in [4.69, 9.17) is 23.2 Å². The Morgan fingerprint density at radius 2 is 1.75 bits per heavy atom. The summed E-state index contributed by atoms with van der Waals surface area (Å²) in [5, 5.41) is 3.70. The maximum atomic E-state index is 10.3. The van der Waals surface area contributed by atoms with Crippen LogP contribution in [0.25, 0.3) is 0 Å². The average Bonchev–Trinajstić information content (AvgIpc) is 2.24. The molecule has 0 unspecified atom stereocenters. The molecule has 0 aromatic heterocycles. The van der Waals surface area contributed by atoms with Gasteiger partial charge < -0.3 is 10.1 Å². The SMILES string of the molecule is CCNC(=O)OCC.Clc1ccccc1Cl. The number of carbonyl (C=O) groups is 1. The first-order valence-corrected chi connectivity index (χ1v) is 5.68. The highest BCUT2D eigenvalue weighted by Gasteiger charge is 1.92. The molecule has 1 amide bonds. The van der Waals surface area contributed by atoms with E-state index in [1.165, 1.54) is 0 Å². The van der Waals surface area contributed by atoms with Crippen molar-refractivity contribution in [2.75, 3.05) is 13.2 Å². The minimum atomic E-state index is -0.338. The molecular formula is C11H15Cl2NO2. The van der Waals surface area contributed by atoms with Crippen molar-refractivity contribution in [3.8, 4) is 0 Å². The smallest absolute Gasteiger partial charge is 0.407 e. The zero-order chi connectivity index (χ0) is 12.4. The van der Waals surface area contributed by atoms with Crippen molar-refractivity contribution < 1.29 is 9.53 Å². The molecule has 3 nitrogen and oxygen atoms in total. The van der Waals surface area contributed by atoms with Crippen LogP contribution < -0.4 is 5.32 Å². The van der Waals surface area contributed by atoms with E-state index in [1.54, 1.807) is 19.1 Å². The van der Waals surface area contributed by atoms with E-state index in [0.29, 0.717) is 23.2 Å². The molecule has 16 heavy (non-hydrogen) atoms. The molecule has 1 aromatic rings. The highest BCUT2D eigenvalue weighted by atomic mass is 35.5. The van der Waals surface area contributed by atoms with Gasteiger partial charge in [-0.25, -0.2) is 4.79 Å². The van der Waals surface area contributed by atoms with Crippen LogP contribution in [0, 0.1) is 0 Å². The lowest BCUT2D eigenvalue weighted by Gasteiger charge is -1.99. The molecule has 0 heterocycles. The second-order valence-corrected chi connectivity index (χ2v) is 3.48. The van der Waals surface area contributed by atoms with Crippen molar-refractivity contribution in [3.05, 3.63) is 34.3 Å². The van der Waals surface area contributed by atoms with Gasteiger partial charge in [0.05, 0.1) is 16.7 Å². The van der Waals surface area contributed by atoms with Gasteiger partial charge in [0.2, 0.25) is 0 Å². The first kappa shape index (κ1) is 15.1. The van der Waals surface area contributed by atoms with Crippen molar-refractivity contribution in [2.24, 2.45) is 0 Å². The Balaban J connectivity index is 0.000000281. The summed E-state index contributed by atoms with van der Waals surface area (Å²) >= 11 is 11.2. The molecule has 0 aliphatic carbocycles. The number of hydrogen-bond donors (Lipinski definition) is 1. The van der Waals surface area contributed by atoms with E-state index in [2.05, 4.69) is 10.1 Å². The summed E-state index contributed by atoms with van der Waals surface area (Å²) in [6.07, 6.45) is -0.338. The molecule has 1 aromatic carbocycles. The van der Waals surface area contributed by atoms with E-state index < -0.39 is 0 Å². The van der Waals surface area contributed by atoms with Crippen LogP contribution >= 0.6 is 23.2 Å². The summed E-state index contributed by atoms with van der Waals surface area (Å²) in [6.45, 7) is 4.68. The Labute approximate surface area is 106 Å².